The summed E-state index contributed by atoms with van der Waals surface area (Å²) in [4.78, 5) is 0. The summed E-state index contributed by atoms with van der Waals surface area (Å²) in [6, 6.07) is 10.3. The molecule has 167 valence electrons. The number of hydrogen-bond donors (Lipinski definition) is 0. The van der Waals surface area contributed by atoms with Crippen LogP contribution in [0.4, 0.5) is 0 Å². The van der Waals surface area contributed by atoms with Gasteiger partial charge in [0.25, 0.3) is 0 Å². The highest BCUT2D eigenvalue weighted by molar-refractivity contribution is 5.13. The van der Waals surface area contributed by atoms with E-state index in [2.05, 4.69) is 45.2 Å². The molecule has 1 aromatic carbocycles. The topological polar surface area (TPSA) is 18.5 Å². The average Bonchev–Trinajstić information content (AvgIpc) is 2.76. The highest BCUT2D eigenvalue weighted by Crippen LogP contribution is 2.25. The summed E-state index contributed by atoms with van der Waals surface area (Å²) in [5.41, 5.74) is 0.981. The van der Waals surface area contributed by atoms with Gasteiger partial charge in [-0.3, -0.25) is 0 Å². The van der Waals surface area contributed by atoms with Gasteiger partial charge in [-0.1, -0.05) is 128 Å². The van der Waals surface area contributed by atoms with Gasteiger partial charge >= 0.3 is 0 Å². The van der Waals surface area contributed by atoms with Crippen molar-refractivity contribution in [2.75, 3.05) is 6.61 Å². The van der Waals surface area contributed by atoms with Crippen molar-refractivity contribution in [2.45, 2.75) is 122 Å². The van der Waals surface area contributed by atoms with E-state index >= 15 is 0 Å². The zero-order valence-electron chi connectivity index (χ0n) is 19.4. The van der Waals surface area contributed by atoms with Gasteiger partial charge in [0.15, 0.2) is 0 Å². The van der Waals surface area contributed by atoms with Gasteiger partial charge in [0.2, 0.25) is 0 Å². The van der Waals surface area contributed by atoms with Crippen molar-refractivity contribution in [2.24, 2.45) is 0 Å². The number of unbranched alkanes of at least 4 members (excludes halogenated alkanes) is 12. The molecule has 1 unspecified atom stereocenters. The maximum atomic E-state index is 5.97. The van der Waals surface area contributed by atoms with Crippen LogP contribution in [0.5, 0.6) is 0 Å². The molecule has 0 N–H and O–H groups in total. The second kappa shape index (κ2) is 18.0. The maximum Gasteiger partial charge on any atom is 0.0913 e. The Kier molecular flexibility index (Phi) is 16.2. The lowest BCUT2D eigenvalue weighted by atomic mass is 9.93. The Balaban J connectivity index is 2.03. The van der Waals surface area contributed by atoms with Crippen molar-refractivity contribution in [1.82, 2.24) is 0 Å². The van der Waals surface area contributed by atoms with Crippen LogP contribution < -0.4 is 0 Å². The first-order valence-corrected chi connectivity index (χ1v) is 12.3. The largest absolute Gasteiger partial charge is 0.374 e. The van der Waals surface area contributed by atoms with Crippen LogP contribution in [0.2, 0.25) is 0 Å². The van der Waals surface area contributed by atoms with Crippen molar-refractivity contribution in [3.63, 3.8) is 0 Å². The summed E-state index contributed by atoms with van der Waals surface area (Å²) in [5, 5.41) is 0. The Bertz CT molecular complexity index is 453. The van der Waals surface area contributed by atoms with Crippen LogP contribution in [-0.4, -0.2) is 12.2 Å². The summed E-state index contributed by atoms with van der Waals surface area (Å²) in [6.07, 6.45) is 20.0. The molecule has 0 saturated heterocycles. The SMILES string of the molecule is [CH2]OC(CC)(CCCCCCCCCCCCCCC)COCc1ccccc1. The Hall–Kier alpha value is -0.860. The second-order valence-corrected chi connectivity index (χ2v) is 8.65. The fraction of sp³-hybridized carbons (Fsp3) is 0.741. The molecule has 0 amide bonds. The third kappa shape index (κ3) is 13.1. The predicted molar refractivity (Wildman–Crippen MR) is 126 cm³/mol. The second-order valence-electron chi connectivity index (χ2n) is 8.65. The van der Waals surface area contributed by atoms with Gasteiger partial charge in [0.1, 0.15) is 0 Å². The molecule has 1 atom stereocenters. The molecule has 0 spiro atoms. The van der Waals surface area contributed by atoms with Crippen LogP contribution in [0.1, 0.15) is 116 Å². The maximum absolute atomic E-state index is 5.97. The molecule has 0 bridgehead atoms. The van der Waals surface area contributed by atoms with Gasteiger partial charge in [0.05, 0.1) is 25.9 Å². The molecule has 0 aliphatic rings. The minimum absolute atomic E-state index is 0.230. The molecule has 1 radical (unpaired) electrons. The lowest BCUT2D eigenvalue weighted by molar-refractivity contribution is -0.0720. The molecule has 0 saturated carbocycles. The Morgan fingerprint density at radius 1 is 0.724 bits per heavy atom. The van der Waals surface area contributed by atoms with Gasteiger partial charge < -0.3 is 9.47 Å². The number of benzene rings is 1. The quantitative estimate of drug-likeness (QED) is 0.203. The third-order valence-electron chi connectivity index (χ3n) is 6.16. The molecule has 0 aliphatic heterocycles. The minimum Gasteiger partial charge on any atom is -0.374 e. The lowest BCUT2D eigenvalue weighted by Gasteiger charge is -2.31. The zero-order chi connectivity index (χ0) is 21.0. The predicted octanol–water partition coefficient (Wildman–Crippen LogP) is 8.64. The molecular formula is C27H47O2. The summed E-state index contributed by atoms with van der Waals surface area (Å²) in [5.74, 6) is 0. The first-order valence-electron chi connectivity index (χ1n) is 12.3. The summed E-state index contributed by atoms with van der Waals surface area (Å²) >= 11 is 0. The fourth-order valence-corrected chi connectivity index (χ4v) is 3.96. The Morgan fingerprint density at radius 3 is 1.72 bits per heavy atom. The molecule has 2 nitrogen and oxygen atoms in total. The van der Waals surface area contributed by atoms with E-state index in [9.17, 15) is 0 Å². The molecule has 0 aliphatic carbocycles. The van der Waals surface area contributed by atoms with Crippen molar-refractivity contribution >= 4 is 0 Å². The lowest BCUT2D eigenvalue weighted by Crippen LogP contribution is -2.35. The highest BCUT2D eigenvalue weighted by atomic mass is 16.5. The Labute approximate surface area is 181 Å². The summed E-state index contributed by atoms with van der Waals surface area (Å²) in [6.45, 7) is 5.73. The Morgan fingerprint density at radius 2 is 1.24 bits per heavy atom. The first-order chi connectivity index (χ1) is 14.3. The van der Waals surface area contributed by atoms with E-state index in [1.165, 1.54) is 89.0 Å². The molecule has 1 rings (SSSR count). The summed E-state index contributed by atoms with van der Waals surface area (Å²) in [7, 11) is 3.75. The molecule has 2 heteroatoms. The van der Waals surface area contributed by atoms with E-state index in [-0.39, 0.29) is 5.60 Å². The van der Waals surface area contributed by atoms with Crippen molar-refractivity contribution in [3.05, 3.63) is 43.0 Å². The van der Waals surface area contributed by atoms with Crippen LogP contribution >= 0.6 is 0 Å². The molecule has 29 heavy (non-hydrogen) atoms. The average molecular weight is 404 g/mol. The van der Waals surface area contributed by atoms with Crippen LogP contribution in [-0.2, 0) is 16.1 Å². The summed E-state index contributed by atoms with van der Waals surface area (Å²) < 4.78 is 11.6. The van der Waals surface area contributed by atoms with E-state index in [1.54, 1.807) is 0 Å². The third-order valence-corrected chi connectivity index (χ3v) is 6.16. The van der Waals surface area contributed by atoms with Crippen molar-refractivity contribution < 1.29 is 9.47 Å². The van der Waals surface area contributed by atoms with Crippen molar-refractivity contribution in [1.29, 1.82) is 0 Å². The van der Waals surface area contributed by atoms with E-state index in [4.69, 9.17) is 9.47 Å². The molecule has 0 aromatic heterocycles. The normalized spacial score (nSPS) is 13.5. The number of rotatable bonds is 20. The standard InChI is InChI=1S/C27H47O2/c1-4-6-7-8-9-10-11-12-13-14-15-16-20-23-27(5-2,28-3)25-29-24-26-21-18-17-19-22-26/h17-19,21-22H,3-16,20,23-25H2,1-2H3. The van der Waals surface area contributed by atoms with E-state index in [1.807, 2.05) is 6.07 Å². The van der Waals surface area contributed by atoms with Gasteiger partial charge in [-0.2, -0.15) is 0 Å². The smallest absolute Gasteiger partial charge is 0.0913 e. The molecule has 1 aromatic rings. The highest BCUT2D eigenvalue weighted by Gasteiger charge is 2.27. The van der Waals surface area contributed by atoms with Gasteiger partial charge in [-0.15, -0.1) is 0 Å². The van der Waals surface area contributed by atoms with Gasteiger partial charge in [-0.25, -0.2) is 0 Å². The van der Waals surface area contributed by atoms with E-state index < -0.39 is 0 Å². The fourth-order valence-electron chi connectivity index (χ4n) is 3.96. The minimum atomic E-state index is -0.230. The van der Waals surface area contributed by atoms with E-state index in [0.29, 0.717) is 13.2 Å². The molecule has 0 heterocycles. The van der Waals surface area contributed by atoms with Crippen molar-refractivity contribution in [3.8, 4) is 0 Å². The van der Waals surface area contributed by atoms with Crippen LogP contribution in [0, 0.1) is 7.11 Å². The van der Waals surface area contributed by atoms with Gasteiger partial charge in [-0.05, 0) is 18.4 Å². The van der Waals surface area contributed by atoms with Crippen LogP contribution in [0.3, 0.4) is 0 Å². The van der Waals surface area contributed by atoms with Crippen LogP contribution in [0.15, 0.2) is 30.3 Å². The first kappa shape index (κ1) is 26.2. The van der Waals surface area contributed by atoms with Crippen LogP contribution in [0.25, 0.3) is 0 Å². The van der Waals surface area contributed by atoms with E-state index in [0.717, 1.165) is 12.8 Å². The number of ether oxygens (including phenoxy) is 2. The zero-order valence-corrected chi connectivity index (χ0v) is 19.4. The molecule has 0 fully saturated rings. The van der Waals surface area contributed by atoms with Gasteiger partial charge in [0, 0.05) is 0 Å². The monoisotopic (exact) mass is 403 g/mol. The molecular weight excluding hydrogens is 356 g/mol. The number of hydrogen-bond acceptors (Lipinski definition) is 2.